The molecule has 2 aromatic heterocycles. The molecule has 0 radical (unpaired) electrons. The highest BCUT2D eigenvalue weighted by molar-refractivity contribution is 5.93. The van der Waals surface area contributed by atoms with Crippen LogP contribution in [0.3, 0.4) is 0 Å². The fourth-order valence-corrected chi connectivity index (χ4v) is 3.96. The van der Waals surface area contributed by atoms with Gasteiger partial charge < -0.3 is 14.6 Å². The number of carbonyl (C=O) groups excluding carboxylic acids is 2. The Labute approximate surface area is 157 Å². The van der Waals surface area contributed by atoms with Crippen LogP contribution in [0.1, 0.15) is 71.2 Å². The van der Waals surface area contributed by atoms with Gasteiger partial charge in [-0.3, -0.25) is 9.59 Å². The Morgan fingerprint density at radius 1 is 1.19 bits per heavy atom. The Morgan fingerprint density at radius 2 is 1.93 bits per heavy atom. The van der Waals surface area contributed by atoms with Crippen LogP contribution < -0.4 is 5.32 Å². The fraction of sp³-hybridized carbons (Fsp3) is 0.579. The van der Waals surface area contributed by atoms with Crippen molar-refractivity contribution in [3.05, 3.63) is 35.5 Å². The summed E-state index contributed by atoms with van der Waals surface area (Å²) in [6.07, 6.45) is 9.25. The molecule has 0 aromatic carbocycles. The molecule has 144 valence electrons. The lowest BCUT2D eigenvalue weighted by molar-refractivity contribution is 0.0656. The molecule has 2 aliphatic rings. The van der Waals surface area contributed by atoms with E-state index in [1.54, 1.807) is 23.2 Å². The van der Waals surface area contributed by atoms with Gasteiger partial charge in [0.2, 0.25) is 0 Å². The smallest absolute Gasteiger partial charge is 0.289 e. The van der Waals surface area contributed by atoms with Crippen LogP contribution in [0.25, 0.3) is 0 Å². The summed E-state index contributed by atoms with van der Waals surface area (Å²) in [5.74, 6) is 0.209. The number of amides is 2. The zero-order chi connectivity index (χ0) is 18.8. The van der Waals surface area contributed by atoms with E-state index in [1.807, 2.05) is 11.8 Å². The van der Waals surface area contributed by atoms with Crippen LogP contribution in [0.5, 0.6) is 0 Å². The molecule has 2 aromatic rings. The Bertz CT molecular complexity index is 813. The molecule has 4 rings (SSSR count). The molecule has 0 bridgehead atoms. The molecular formula is C19H25N5O3. The summed E-state index contributed by atoms with van der Waals surface area (Å²) in [6, 6.07) is 2.21. The summed E-state index contributed by atoms with van der Waals surface area (Å²) >= 11 is 0. The number of nitrogens with one attached hydrogen (secondary N) is 1. The SMILES string of the molecule is Cc1ccoc1C(=O)N1CCC(n2cc(C(=O)NC3CCCC3)nn2)CC1. The van der Waals surface area contributed by atoms with E-state index in [4.69, 9.17) is 4.42 Å². The number of likely N-dealkylation sites (tertiary alicyclic amines) is 1. The van der Waals surface area contributed by atoms with Crippen LogP contribution in [0.15, 0.2) is 22.9 Å². The maximum atomic E-state index is 12.5. The first-order valence-electron chi connectivity index (χ1n) is 9.68. The molecule has 1 aliphatic carbocycles. The van der Waals surface area contributed by atoms with E-state index in [2.05, 4.69) is 15.6 Å². The minimum absolute atomic E-state index is 0.0637. The van der Waals surface area contributed by atoms with E-state index >= 15 is 0 Å². The molecule has 8 nitrogen and oxygen atoms in total. The third kappa shape index (κ3) is 3.74. The largest absolute Gasteiger partial charge is 0.459 e. The van der Waals surface area contributed by atoms with Crippen molar-refractivity contribution >= 4 is 11.8 Å². The summed E-state index contributed by atoms with van der Waals surface area (Å²) in [5.41, 5.74) is 1.22. The van der Waals surface area contributed by atoms with Crippen molar-refractivity contribution in [1.82, 2.24) is 25.2 Å². The van der Waals surface area contributed by atoms with Crippen LogP contribution in [-0.4, -0.2) is 50.8 Å². The summed E-state index contributed by atoms with van der Waals surface area (Å²) in [6.45, 7) is 3.14. The van der Waals surface area contributed by atoms with E-state index in [0.29, 0.717) is 24.5 Å². The number of rotatable bonds is 4. The van der Waals surface area contributed by atoms with Gasteiger partial charge in [0.15, 0.2) is 11.5 Å². The molecule has 1 saturated carbocycles. The predicted octanol–water partition coefficient (Wildman–Crippen LogP) is 2.33. The Hall–Kier alpha value is -2.64. The molecule has 1 aliphatic heterocycles. The summed E-state index contributed by atoms with van der Waals surface area (Å²) in [5, 5.41) is 11.2. The highest BCUT2D eigenvalue weighted by atomic mass is 16.3. The van der Waals surface area contributed by atoms with Crippen LogP contribution in [0.4, 0.5) is 0 Å². The minimum atomic E-state index is -0.144. The van der Waals surface area contributed by atoms with Crippen molar-refractivity contribution in [2.24, 2.45) is 0 Å². The van der Waals surface area contributed by atoms with Crippen LogP contribution in [0, 0.1) is 6.92 Å². The number of furan rings is 1. The number of aryl methyl sites for hydroxylation is 1. The Morgan fingerprint density at radius 3 is 2.59 bits per heavy atom. The number of aromatic nitrogens is 3. The molecule has 0 atom stereocenters. The second-order valence-electron chi connectivity index (χ2n) is 7.49. The average Bonchev–Trinajstić information content (AvgIpc) is 3.43. The number of carbonyl (C=O) groups is 2. The molecule has 1 saturated heterocycles. The van der Waals surface area contributed by atoms with E-state index < -0.39 is 0 Å². The first-order valence-corrected chi connectivity index (χ1v) is 9.68. The van der Waals surface area contributed by atoms with Gasteiger partial charge in [0.25, 0.3) is 11.8 Å². The second-order valence-corrected chi connectivity index (χ2v) is 7.49. The lowest BCUT2D eigenvalue weighted by atomic mass is 10.0. The highest BCUT2D eigenvalue weighted by Crippen LogP contribution is 2.24. The summed E-state index contributed by atoms with van der Waals surface area (Å²) < 4.78 is 7.08. The Kier molecular flexibility index (Phi) is 4.96. The molecule has 0 spiro atoms. The standard InChI is InChI=1S/C19H25N5O3/c1-13-8-11-27-17(13)19(26)23-9-6-15(7-10-23)24-12-16(21-22-24)18(25)20-14-4-2-3-5-14/h8,11-12,14-15H,2-7,9-10H2,1H3,(H,20,25). The summed E-state index contributed by atoms with van der Waals surface area (Å²) in [7, 11) is 0. The van der Waals surface area contributed by atoms with Gasteiger partial charge in [-0.25, -0.2) is 4.68 Å². The topological polar surface area (TPSA) is 93.3 Å². The zero-order valence-corrected chi connectivity index (χ0v) is 15.6. The lowest BCUT2D eigenvalue weighted by Gasteiger charge is -2.31. The molecule has 3 heterocycles. The number of nitrogens with zero attached hydrogens (tertiary/aromatic N) is 4. The normalized spacial score (nSPS) is 18.8. The van der Waals surface area contributed by atoms with Gasteiger partial charge in [0.1, 0.15) is 0 Å². The van der Waals surface area contributed by atoms with Crippen molar-refractivity contribution < 1.29 is 14.0 Å². The molecular weight excluding hydrogens is 346 g/mol. The molecule has 27 heavy (non-hydrogen) atoms. The van der Waals surface area contributed by atoms with Crippen LogP contribution in [0.2, 0.25) is 0 Å². The van der Waals surface area contributed by atoms with Crippen molar-refractivity contribution in [1.29, 1.82) is 0 Å². The van der Waals surface area contributed by atoms with E-state index in [0.717, 1.165) is 31.2 Å². The first kappa shape index (κ1) is 17.8. The van der Waals surface area contributed by atoms with Crippen LogP contribution >= 0.6 is 0 Å². The second kappa shape index (κ2) is 7.54. The van der Waals surface area contributed by atoms with Crippen molar-refractivity contribution in [2.75, 3.05) is 13.1 Å². The average molecular weight is 371 g/mol. The van der Waals surface area contributed by atoms with Gasteiger partial charge in [-0.15, -0.1) is 5.10 Å². The van der Waals surface area contributed by atoms with Gasteiger partial charge in [-0.1, -0.05) is 18.1 Å². The van der Waals surface area contributed by atoms with E-state index in [-0.39, 0.29) is 23.9 Å². The number of hydrogen-bond donors (Lipinski definition) is 1. The molecule has 2 amide bonds. The molecule has 0 unspecified atom stereocenters. The quantitative estimate of drug-likeness (QED) is 0.890. The molecule has 1 N–H and O–H groups in total. The minimum Gasteiger partial charge on any atom is -0.459 e. The summed E-state index contributed by atoms with van der Waals surface area (Å²) in [4.78, 5) is 26.7. The molecule has 8 heteroatoms. The number of piperidine rings is 1. The molecule has 2 fully saturated rings. The third-order valence-electron chi connectivity index (χ3n) is 5.62. The third-order valence-corrected chi connectivity index (χ3v) is 5.62. The maximum absolute atomic E-state index is 12.5. The predicted molar refractivity (Wildman–Crippen MR) is 97.4 cm³/mol. The van der Waals surface area contributed by atoms with E-state index in [9.17, 15) is 9.59 Å². The van der Waals surface area contributed by atoms with E-state index in [1.165, 1.54) is 12.8 Å². The number of hydrogen-bond acceptors (Lipinski definition) is 5. The zero-order valence-electron chi connectivity index (χ0n) is 15.6. The van der Waals surface area contributed by atoms with Crippen molar-refractivity contribution in [3.8, 4) is 0 Å². The van der Waals surface area contributed by atoms with Crippen LogP contribution in [-0.2, 0) is 0 Å². The van der Waals surface area contributed by atoms with Gasteiger partial charge >= 0.3 is 0 Å². The maximum Gasteiger partial charge on any atom is 0.289 e. The monoisotopic (exact) mass is 371 g/mol. The van der Waals surface area contributed by atoms with Gasteiger partial charge in [-0.05, 0) is 38.7 Å². The van der Waals surface area contributed by atoms with Gasteiger partial charge in [-0.2, -0.15) is 0 Å². The first-order chi connectivity index (χ1) is 13.1. The fourth-order valence-electron chi connectivity index (χ4n) is 3.96. The lowest BCUT2D eigenvalue weighted by Crippen LogP contribution is -2.39. The van der Waals surface area contributed by atoms with Gasteiger partial charge in [0, 0.05) is 24.7 Å². The van der Waals surface area contributed by atoms with Gasteiger partial charge in [0.05, 0.1) is 18.5 Å². The highest BCUT2D eigenvalue weighted by Gasteiger charge is 2.28. The Balaban J connectivity index is 1.33. The van der Waals surface area contributed by atoms with Crippen molar-refractivity contribution in [2.45, 2.75) is 57.5 Å². The van der Waals surface area contributed by atoms with Crippen molar-refractivity contribution in [3.63, 3.8) is 0 Å².